The lowest BCUT2D eigenvalue weighted by atomic mass is 9.80. The van der Waals surface area contributed by atoms with Gasteiger partial charge in [-0.15, -0.1) is 0 Å². The standard InChI is InChI=1S/C19H16F3N2O2/c20-19(21,22)13-5-3-4-12(10-13)14-6-1-2-7-15(14)16(25)11-18(17(23)26)8-9-24-18/h1-7,10-11,24H,8-9H2,(H2,23,26). The molecule has 3 N–H and O–H groups in total. The number of carbonyl (C=O) groups excluding carboxylic acids is 2. The van der Waals surface area contributed by atoms with Gasteiger partial charge in [0.15, 0.2) is 5.78 Å². The fraction of sp³-hybridized carbons (Fsp3) is 0.211. The topological polar surface area (TPSA) is 72.2 Å². The Hall–Kier alpha value is -2.67. The first-order valence-electron chi connectivity index (χ1n) is 7.95. The van der Waals surface area contributed by atoms with Crippen LogP contribution in [-0.2, 0) is 11.0 Å². The van der Waals surface area contributed by atoms with Crippen molar-refractivity contribution in [1.82, 2.24) is 5.32 Å². The van der Waals surface area contributed by atoms with E-state index in [2.05, 4.69) is 5.32 Å². The fourth-order valence-electron chi connectivity index (χ4n) is 2.91. The predicted octanol–water partition coefficient (Wildman–Crippen LogP) is 2.98. The summed E-state index contributed by atoms with van der Waals surface area (Å²) in [5.41, 5.74) is 4.21. The number of primary amides is 1. The van der Waals surface area contributed by atoms with Gasteiger partial charge in [-0.05, 0) is 36.2 Å². The largest absolute Gasteiger partial charge is 0.416 e. The molecule has 4 nitrogen and oxygen atoms in total. The first-order chi connectivity index (χ1) is 12.2. The van der Waals surface area contributed by atoms with Crippen molar-refractivity contribution in [3.63, 3.8) is 0 Å². The molecule has 0 bridgehead atoms. The smallest absolute Gasteiger partial charge is 0.368 e. The van der Waals surface area contributed by atoms with Crippen LogP contribution in [0.15, 0.2) is 48.5 Å². The molecule has 1 radical (unpaired) electrons. The minimum atomic E-state index is -4.48. The van der Waals surface area contributed by atoms with Gasteiger partial charge < -0.3 is 11.1 Å². The molecule has 0 saturated carbocycles. The van der Waals surface area contributed by atoms with Crippen LogP contribution in [-0.4, -0.2) is 23.8 Å². The highest BCUT2D eigenvalue weighted by Crippen LogP contribution is 2.34. The van der Waals surface area contributed by atoms with Crippen molar-refractivity contribution in [2.45, 2.75) is 18.1 Å². The summed E-state index contributed by atoms with van der Waals surface area (Å²) in [6.45, 7) is 0.558. The number of carbonyl (C=O) groups is 2. The molecule has 1 unspecified atom stereocenters. The van der Waals surface area contributed by atoms with E-state index in [1.54, 1.807) is 18.2 Å². The van der Waals surface area contributed by atoms with E-state index < -0.39 is 29.0 Å². The first-order valence-corrected chi connectivity index (χ1v) is 7.95. The minimum absolute atomic E-state index is 0.209. The molecule has 2 aromatic rings. The van der Waals surface area contributed by atoms with E-state index in [0.29, 0.717) is 18.5 Å². The van der Waals surface area contributed by atoms with Gasteiger partial charge in [0.2, 0.25) is 5.91 Å². The molecule has 0 aromatic heterocycles. The molecule has 3 rings (SSSR count). The Morgan fingerprint density at radius 1 is 1.12 bits per heavy atom. The molecule has 1 heterocycles. The zero-order valence-corrected chi connectivity index (χ0v) is 13.6. The van der Waals surface area contributed by atoms with E-state index in [-0.39, 0.29) is 11.1 Å². The molecule has 1 fully saturated rings. The average Bonchev–Trinajstić information content (AvgIpc) is 2.57. The number of benzene rings is 2. The number of rotatable bonds is 5. The third-order valence-corrected chi connectivity index (χ3v) is 4.47. The molecule has 1 aliphatic rings. The molecule has 135 valence electrons. The Morgan fingerprint density at radius 3 is 2.38 bits per heavy atom. The highest BCUT2D eigenvalue weighted by atomic mass is 19.4. The number of Topliss-reactive ketones (excluding diaryl/α,β-unsaturated/α-hetero) is 1. The summed E-state index contributed by atoms with van der Waals surface area (Å²) in [5, 5.41) is 2.85. The number of halogens is 3. The number of ketones is 1. The SMILES string of the molecule is NC(=O)C1([CH]C(=O)c2ccccc2-c2cccc(C(F)(F)F)c2)CCN1. The Balaban J connectivity index is 1.97. The van der Waals surface area contributed by atoms with Crippen molar-refractivity contribution >= 4 is 11.7 Å². The summed E-state index contributed by atoms with van der Waals surface area (Å²) in [4.78, 5) is 24.3. The molecule has 1 saturated heterocycles. The maximum atomic E-state index is 13.0. The van der Waals surface area contributed by atoms with Gasteiger partial charge in [-0.3, -0.25) is 9.59 Å². The Morgan fingerprint density at radius 2 is 1.81 bits per heavy atom. The van der Waals surface area contributed by atoms with Crippen LogP contribution < -0.4 is 11.1 Å². The Kier molecular flexibility index (Phi) is 4.58. The van der Waals surface area contributed by atoms with E-state index in [4.69, 9.17) is 5.73 Å². The highest BCUT2D eigenvalue weighted by molar-refractivity contribution is 6.11. The van der Waals surface area contributed by atoms with Crippen LogP contribution in [0.25, 0.3) is 11.1 Å². The third-order valence-electron chi connectivity index (χ3n) is 4.47. The molecule has 0 aliphatic carbocycles. The molecular formula is C19H16F3N2O2. The van der Waals surface area contributed by atoms with Crippen molar-refractivity contribution in [3.8, 4) is 11.1 Å². The van der Waals surface area contributed by atoms with Crippen LogP contribution in [0, 0.1) is 6.42 Å². The van der Waals surface area contributed by atoms with Gasteiger partial charge in [0.1, 0.15) is 5.54 Å². The van der Waals surface area contributed by atoms with Crippen LogP contribution >= 0.6 is 0 Å². The molecule has 1 amide bonds. The zero-order valence-electron chi connectivity index (χ0n) is 13.6. The van der Waals surface area contributed by atoms with Crippen molar-refractivity contribution in [1.29, 1.82) is 0 Å². The second kappa shape index (κ2) is 6.57. The lowest BCUT2D eigenvalue weighted by Crippen LogP contribution is -2.65. The van der Waals surface area contributed by atoms with Crippen LogP contribution in [0.2, 0.25) is 0 Å². The van der Waals surface area contributed by atoms with Gasteiger partial charge in [0, 0.05) is 5.56 Å². The lowest BCUT2D eigenvalue weighted by molar-refractivity contribution is -0.137. The van der Waals surface area contributed by atoms with Crippen molar-refractivity contribution in [2.75, 3.05) is 6.54 Å². The average molecular weight is 361 g/mol. The lowest BCUT2D eigenvalue weighted by Gasteiger charge is -2.39. The normalized spacial score (nSPS) is 19.7. The van der Waals surface area contributed by atoms with E-state index in [9.17, 15) is 22.8 Å². The van der Waals surface area contributed by atoms with Crippen LogP contribution in [0.3, 0.4) is 0 Å². The van der Waals surface area contributed by atoms with Gasteiger partial charge in [-0.25, -0.2) is 0 Å². The molecule has 1 atom stereocenters. The van der Waals surface area contributed by atoms with Gasteiger partial charge in [0.25, 0.3) is 0 Å². The molecular weight excluding hydrogens is 345 g/mol. The quantitative estimate of drug-likeness (QED) is 0.805. The van der Waals surface area contributed by atoms with Crippen molar-refractivity contribution in [3.05, 3.63) is 66.1 Å². The maximum Gasteiger partial charge on any atom is 0.416 e. The number of hydrogen-bond acceptors (Lipinski definition) is 3. The minimum Gasteiger partial charge on any atom is -0.368 e. The van der Waals surface area contributed by atoms with Gasteiger partial charge >= 0.3 is 6.18 Å². The van der Waals surface area contributed by atoms with Crippen molar-refractivity contribution in [2.24, 2.45) is 5.73 Å². The van der Waals surface area contributed by atoms with Crippen LogP contribution in [0.5, 0.6) is 0 Å². The maximum absolute atomic E-state index is 13.0. The monoisotopic (exact) mass is 361 g/mol. The third kappa shape index (κ3) is 3.35. The summed E-state index contributed by atoms with van der Waals surface area (Å²) >= 11 is 0. The fourth-order valence-corrected chi connectivity index (χ4v) is 2.91. The predicted molar refractivity (Wildman–Crippen MR) is 90.1 cm³/mol. The van der Waals surface area contributed by atoms with E-state index >= 15 is 0 Å². The second-order valence-corrected chi connectivity index (χ2v) is 6.15. The number of amides is 1. The molecule has 26 heavy (non-hydrogen) atoms. The number of hydrogen-bond donors (Lipinski definition) is 2. The van der Waals surface area contributed by atoms with Crippen molar-refractivity contribution < 1.29 is 22.8 Å². The van der Waals surface area contributed by atoms with Gasteiger partial charge in [-0.1, -0.05) is 36.4 Å². The van der Waals surface area contributed by atoms with E-state index in [1.165, 1.54) is 24.6 Å². The summed E-state index contributed by atoms with van der Waals surface area (Å²) in [6.07, 6.45) is -2.86. The molecule has 2 aromatic carbocycles. The molecule has 0 spiro atoms. The Labute approximate surface area is 148 Å². The van der Waals surface area contributed by atoms with Gasteiger partial charge in [0.05, 0.1) is 12.0 Å². The van der Waals surface area contributed by atoms with E-state index in [1.807, 2.05) is 0 Å². The molecule has 7 heteroatoms. The second-order valence-electron chi connectivity index (χ2n) is 6.15. The highest BCUT2D eigenvalue weighted by Gasteiger charge is 2.44. The molecule has 1 aliphatic heterocycles. The number of nitrogens with one attached hydrogen (secondary N) is 1. The number of nitrogens with two attached hydrogens (primary N) is 1. The summed E-state index contributed by atoms with van der Waals surface area (Å²) in [7, 11) is 0. The van der Waals surface area contributed by atoms with Crippen LogP contribution in [0.1, 0.15) is 22.3 Å². The van der Waals surface area contributed by atoms with Gasteiger partial charge in [-0.2, -0.15) is 13.2 Å². The number of alkyl halides is 3. The Bertz CT molecular complexity index is 858. The van der Waals surface area contributed by atoms with E-state index in [0.717, 1.165) is 12.1 Å². The zero-order chi connectivity index (χ0) is 18.9. The summed E-state index contributed by atoms with van der Waals surface area (Å²) in [6, 6.07) is 11.1. The summed E-state index contributed by atoms with van der Waals surface area (Å²) in [5.74, 6) is -1.13. The van der Waals surface area contributed by atoms with Crippen LogP contribution in [0.4, 0.5) is 13.2 Å². The first kappa shape index (κ1) is 18.1. The summed E-state index contributed by atoms with van der Waals surface area (Å²) < 4.78 is 38.9.